The molecule has 2 aromatic carbocycles. The minimum absolute atomic E-state index is 0.359. The van der Waals surface area contributed by atoms with Gasteiger partial charge in [0.15, 0.2) is 0 Å². The maximum atomic E-state index is 12.9. The number of imidazole rings is 1. The van der Waals surface area contributed by atoms with Gasteiger partial charge in [-0.15, -0.1) is 0 Å². The third-order valence-corrected chi connectivity index (χ3v) is 5.97. The lowest BCUT2D eigenvalue weighted by Crippen LogP contribution is -2.22. The second kappa shape index (κ2) is 8.00. The highest BCUT2D eigenvalue weighted by molar-refractivity contribution is 9.10. The average molecular weight is 475 g/mol. The van der Waals surface area contributed by atoms with Gasteiger partial charge in [-0.2, -0.15) is 0 Å². The van der Waals surface area contributed by atoms with E-state index >= 15 is 0 Å². The molecule has 2 aromatic heterocycles. The number of fused-ring (bicyclic) bond motifs is 1. The lowest BCUT2D eigenvalue weighted by atomic mass is 9.96. The Morgan fingerprint density at radius 3 is 2.55 bits per heavy atom. The quantitative estimate of drug-likeness (QED) is 0.424. The van der Waals surface area contributed by atoms with Crippen molar-refractivity contribution in [1.29, 1.82) is 0 Å². The molecule has 7 heteroatoms. The molecule has 1 aliphatic heterocycles. The van der Waals surface area contributed by atoms with Gasteiger partial charge in [-0.3, -0.25) is 14.9 Å². The van der Waals surface area contributed by atoms with Crippen molar-refractivity contribution in [3.63, 3.8) is 0 Å². The normalized spacial score (nSPS) is 14.0. The first kappa shape index (κ1) is 19.5. The first-order valence-electron chi connectivity index (χ1n) is 10.0. The summed E-state index contributed by atoms with van der Waals surface area (Å²) in [6, 6.07) is 15.4. The summed E-state index contributed by atoms with van der Waals surface area (Å²) >= 11 is 3.55. The van der Waals surface area contributed by atoms with Gasteiger partial charge in [-0.25, -0.2) is 4.98 Å². The zero-order valence-corrected chi connectivity index (χ0v) is 18.2. The van der Waals surface area contributed by atoms with Gasteiger partial charge in [0.2, 0.25) is 0 Å². The number of amides is 2. The van der Waals surface area contributed by atoms with E-state index in [-0.39, 0.29) is 11.8 Å². The van der Waals surface area contributed by atoms with E-state index in [0.29, 0.717) is 11.1 Å². The molecule has 31 heavy (non-hydrogen) atoms. The molecule has 0 aliphatic carbocycles. The van der Waals surface area contributed by atoms with E-state index in [1.54, 1.807) is 6.20 Å². The minimum Gasteiger partial charge on any atom is -0.347 e. The number of nitrogens with zero attached hydrogens (tertiary/aromatic N) is 3. The Labute approximate surface area is 187 Å². The first-order valence-corrected chi connectivity index (χ1v) is 10.8. The van der Waals surface area contributed by atoms with Crippen molar-refractivity contribution in [1.82, 2.24) is 19.4 Å². The molecule has 0 bridgehead atoms. The number of rotatable bonds is 6. The van der Waals surface area contributed by atoms with E-state index in [2.05, 4.69) is 30.8 Å². The highest BCUT2D eigenvalue weighted by Crippen LogP contribution is 2.37. The average Bonchev–Trinajstić information content (AvgIpc) is 3.47. The summed E-state index contributed by atoms with van der Waals surface area (Å²) in [7, 11) is 0. The molecule has 1 aliphatic rings. The Morgan fingerprint density at radius 1 is 0.968 bits per heavy atom. The molecule has 3 heterocycles. The number of halogens is 1. The van der Waals surface area contributed by atoms with Crippen LogP contribution in [0.1, 0.15) is 17.5 Å². The molecule has 0 saturated carbocycles. The summed E-state index contributed by atoms with van der Waals surface area (Å²) in [5.74, 6) is -0.719. The van der Waals surface area contributed by atoms with Crippen molar-refractivity contribution in [3.8, 4) is 0 Å². The van der Waals surface area contributed by atoms with Crippen molar-refractivity contribution in [2.45, 2.75) is 19.5 Å². The van der Waals surface area contributed by atoms with Crippen molar-refractivity contribution < 1.29 is 9.59 Å². The largest absolute Gasteiger partial charge is 0.347 e. The van der Waals surface area contributed by atoms with Crippen LogP contribution < -0.4 is 5.32 Å². The fourth-order valence-corrected chi connectivity index (χ4v) is 4.45. The van der Waals surface area contributed by atoms with Crippen LogP contribution in [0, 0.1) is 0 Å². The fourth-order valence-electron chi connectivity index (χ4n) is 4.09. The highest BCUT2D eigenvalue weighted by Gasteiger charge is 2.33. The number of hydrogen-bond donors (Lipinski definition) is 1. The van der Waals surface area contributed by atoms with Gasteiger partial charge in [0, 0.05) is 52.6 Å². The molecule has 5 rings (SSSR count). The molecule has 0 unspecified atom stereocenters. The molecular formula is C24H19BrN4O2. The predicted molar refractivity (Wildman–Crippen MR) is 123 cm³/mol. The molecule has 4 aromatic rings. The van der Waals surface area contributed by atoms with Crippen LogP contribution in [-0.2, 0) is 22.7 Å². The summed E-state index contributed by atoms with van der Waals surface area (Å²) < 4.78 is 5.12. The summed E-state index contributed by atoms with van der Waals surface area (Å²) in [6.45, 7) is 1.63. The Kier molecular flexibility index (Phi) is 5.03. The summed E-state index contributed by atoms with van der Waals surface area (Å²) in [5, 5.41) is 3.42. The van der Waals surface area contributed by atoms with Crippen molar-refractivity contribution >= 4 is 49.8 Å². The second-order valence-corrected chi connectivity index (χ2v) is 8.37. The Bertz CT molecular complexity index is 1320. The van der Waals surface area contributed by atoms with Gasteiger partial charge < -0.3 is 9.13 Å². The van der Waals surface area contributed by atoms with E-state index in [0.717, 1.165) is 46.0 Å². The van der Waals surface area contributed by atoms with Gasteiger partial charge in [0.05, 0.1) is 17.5 Å². The molecule has 0 radical (unpaired) electrons. The van der Waals surface area contributed by atoms with E-state index in [4.69, 9.17) is 0 Å². The van der Waals surface area contributed by atoms with Crippen molar-refractivity contribution in [3.05, 3.63) is 89.0 Å². The number of aryl methyl sites for hydroxylation is 2. The van der Waals surface area contributed by atoms with Gasteiger partial charge in [0.25, 0.3) is 11.8 Å². The van der Waals surface area contributed by atoms with Crippen LogP contribution in [-0.4, -0.2) is 25.9 Å². The highest BCUT2D eigenvalue weighted by atomic mass is 79.9. The summed E-state index contributed by atoms with van der Waals surface area (Å²) in [6.07, 6.45) is 8.42. The topological polar surface area (TPSA) is 68.9 Å². The smallest absolute Gasteiger partial charge is 0.259 e. The number of hydrogen-bond acceptors (Lipinski definition) is 3. The molecule has 0 fully saturated rings. The number of carbonyl (C=O) groups is 2. The Hall–Kier alpha value is -3.45. The molecule has 6 nitrogen and oxygen atoms in total. The molecule has 154 valence electrons. The molecule has 0 spiro atoms. The van der Waals surface area contributed by atoms with E-state index < -0.39 is 0 Å². The Morgan fingerprint density at radius 2 is 1.77 bits per heavy atom. The number of benzene rings is 2. The van der Waals surface area contributed by atoms with Crippen LogP contribution in [0.4, 0.5) is 0 Å². The second-order valence-electron chi connectivity index (χ2n) is 7.45. The van der Waals surface area contributed by atoms with Crippen LogP contribution in [0.5, 0.6) is 0 Å². The van der Waals surface area contributed by atoms with Crippen molar-refractivity contribution in [2.24, 2.45) is 0 Å². The monoisotopic (exact) mass is 474 g/mol. The van der Waals surface area contributed by atoms with Crippen LogP contribution in [0.25, 0.3) is 22.0 Å². The van der Waals surface area contributed by atoms with E-state index in [9.17, 15) is 9.59 Å². The maximum absolute atomic E-state index is 12.9. The van der Waals surface area contributed by atoms with Crippen LogP contribution in [0.3, 0.4) is 0 Å². The SMILES string of the molecule is O=C1NC(=O)C(c2cn(CCCn3ccnc3)c3ccc(Br)cc23)=C1c1ccccc1. The molecule has 0 atom stereocenters. The van der Waals surface area contributed by atoms with Gasteiger partial charge in [-0.1, -0.05) is 46.3 Å². The van der Waals surface area contributed by atoms with Crippen LogP contribution >= 0.6 is 15.9 Å². The maximum Gasteiger partial charge on any atom is 0.259 e. The van der Waals surface area contributed by atoms with Crippen LogP contribution in [0.15, 0.2) is 77.9 Å². The third kappa shape index (κ3) is 3.61. The standard InChI is InChI=1S/C24H19BrN4O2/c25-17-7-8-20-18(13-17)19(14-29(20)11-4-10-28-12-9-26-15-28)22-21(23(30)27-24(22)31)16-5-2-1-3-6-16/h1-3,5-9,12-15H,4,10-11H2,(H,27,30,31). The summed E-state index contributed by atoms with van der Waals surface area (Å²) in [4.78, 5) is 29.6. The number of aromatic nitrogens is 3. The molecular weight excluding hydrogens is 456 g/mol. The molecule has 2 amide bonds. The van der Waals surface area contributed by atoms with Gasteiger partial charge in [-0.05, 0) is 30.2 Å². The van der Waals surface area contributed by atoms with Gasteiger partial charge in [0.1, 0.15) is 0 Å². The lowest BCUT2D eigenvalue weighted by molar-refractivity contribution is -0.122. The predicted octanol–water partition coefficient (Wildman–Crippen LogP) is 4.26. The van der Waals surface area contributed by atoms with E-state index in [1.807, 2.05) is 71.8 Å². The van der Waals surface area contributed by atoms with Crippen LogP contribution in [0.2, 0.25) is 0 Å². The zero-order valence-electron chi connectivity index (χ0n) is 16.6. The number of carbonyl (C=O) groups excluding carboxylic acids is 2. The third-order valence-electron chi connectivity index (χ3n) is 5.48. The zero-order chi connectivity index (χ0) is 21.4. The van der Waals surface area contributed by atoms with Crippen molar-refractivity contribution in [2.75, 3.05) is 0 Å². The first-order chi connectivity index (χ1) is 15.1. The Balaban J connectivity index is 1.62. The van der Waals surface area contributed by atoms with E-state index in [1.165, 1.54) is 0 Å². The molecule has 0 saturated heterocycles. The van der Waals surface area contributed by atoms with Gasteiger partial charge >= 0.3 is 0 Å². The number of imide groups is 1. The fraction of sp³-hybridized carbons (Fsp3) is 0.125. The number of nitrogens with one attached hydrogen (secondary N) is 1. The lowest BCUT2D eigenvalue weighted by Gasteiger charge is -2.06. The summed E-state index contributed by atoms with van der Waals surface area (Å²) in [5.41, 5.74) is 3.37. The molecule has 1 N–H and O–H groups in total. The minimum atomic E-state index is -0.360.